The van der Waals surface area contributed by atoms with E-state index in [-0.39, 0.29) is 5.01 Å². The molecule has 0 saturated heterocycles. The molecule has 1 aromatic carbocycles. The van der Waals surface area contributed by atoms with Crippen LogP contribution < -0.4 is 10.6 Å². The minimum Gasteiger partial charge on any atom is -0.360 e. The highest BCUT2D eigenvalue weighted by Crippen LogP contribution is 2.19. The fraction of sp³-hybridized carbons (Fsp3) is 0.250. The van der Waals surface area contributed by atoms with Crippen LogP contribution in [0.4, 0.5) is 15.2 Å². The number of anilines is 2. The van der Waals surface area contributed by atoms with E-state index in [0.29, 0.717) is 17.4 Å². The van der Waals surface area contributed by atoms with Gasteiger partial charge in [0.15, 0.2) is 0 Å². The number of nitrogens with zero attached hydrogens (tertiary/aromatic N) is 2. The van der Waals surface area contributed by atoms with Crippen LogP contribution in [0.5, 0.6) is 0 Å². The molecule has 2 N–H and O–H groups in total. The number of hydrogen-bond donors (Lipinski definition) is 2. The van der Waals surface area contributed by atoms with Crippen LogP contribution in [0, 0.1) is 12.7 Å². The number of amides is 1. The zero-order valence-corrected chi connectivity index (χ0v) is 11.3. The van der Waals surface area contributed by atoms with Crippen LogP contribution in [0.3, 0.4) is 0 Å². The van der Waals surface area contributed by atoms with E-state index in [1.165, 1.54) is 12.1 Å². The van der Waals surface area contributed by atoms with Gasteiger partial charge in [-0.25, -0.2) is 4.39 Å². The maximum Gasteiger partial charge on any atom is 0.286 e. The van der Waals surface area contributed by atoms with Crippen molar-refractivity contribution in [3.63, 3.8) is 0 Å². The van der Waals surface area contributed by atoms with Gasteiger partial charge in [0.1, 0.15) is 5.82 Å². The lowest BCUT2D eigenvalue weighted by Gasteiger charge is -2.06. The predicted molar refractivity (Wildman–Crippen MR) is 73.2 cm³/mol. The SMILES string of the molecule is CCNc1nnc(C(=O)Nc2cc(F)ccc2C)s1. The second-order valence-electron chi connectivity index (χ2n) is 3.86. The van der Waals surface area contributed by atoms with Crippen molar-refractivity contribution in [2.24, 2.45) is 0 Å². The summed E-state index contributed by atoms with van der Waals surface area (Å²) in [6.07, 6.45) is 0. The standard InChI is InChI=1S/C12H13FN4OS/c1-3-14-12-17-16-11(19-12)10(18)15-9-6-8(13)5-4-7(9)2/h4-6H,3H2,1-2H3,(H,14,17)(H,15,18). The normalized spacial score (nSPS) is 10.3. The van der Waals surface area contributed by atoms with E-state index in [4.69, 9.17) is 0 Å². The fourth-order valence-corrected chi connectivity index (χ4v) is 2.15. The molecule has 0 saturated carbocycles. The third-order valence-electron chi connectivity index (χ3n) is 2.40. The van der Waals surface area contributed by atoms with Gasteiger partial charge >= 0.3 is 0 Å². The Morgan fingerprint density at radius 1 is 1.42 bits per heavy atom. The van der Waals surface area contributed by atoms with Crippen molar-refractivity contribution in [3.8, 4) is 0 Å². The number of halogens is 1. The average molecular weight is 280 g/mol. The number of hydrogen-bond acceptors (Lipinski definition) is 5. The van der Waals surface area contributed by atoms with E-state index in [2.05, 4.69) is 20.8 Å². The lowest BCUT2D eigenvalue weighted by molar-refractivity contribution is 0.102. The highest BCUT2D eigenvalue weighted by Gasteiger charge is 2.14. The maximum atomic E-state index is 13.1. The Morgan fingerprint density at radius 3 is 2.95 bits per heavy atom. The Kier molecular flexibility index (Phi) is 4.06. The summed E-state index contributed by atoms with van der Waals surface area (Å²) < 4.78 is 13.1. The van der Waals surface area contributed by atoms with Crippen LogP contribution in [-0.4, -0.2) is 22.6 Å². The molecule has 2 aromatic rings. The summed E-state index contributed by atoms with van der Waals surface area (Å²) in [6, 6.07) is 4.23. The van der Waals surface area contributed by atoms with Crippen molar-refractivity contribution in [2.75, 3.05) is 17.2 Å². The first-order valence-electron chi connectivity index (χ1n) is 5.75. The number of aryl methyl sites for hydroxylation is 1. The van der Waals surface area contributed by atoms with E-state index in [0.717, 1.165) is 16.9 Å². The largest absolute Gasteiger partial charge is 0.360 e. The van der Waals surface area contributed by atoms with E-state index in [1.54, 1.807) is 13.0 Å². The lowest BCUT2D eigenvalue weighted by Crippen LogP contribution is -2.12. The number of rotatable bonds is 4. The van der Waals surface area contributed by atoms with E-state index in [9.17, 15) is 9.18 Å². The molecular weight excluding hydrogens is 267 g/mol. The molecule has 2 rings (SSSR count). The van der Waals surface area contributed by atoms with Crippen LogP contribution in [0.2, 0.25) is 0 Å². The summed E-state index contributed by atoms with van der Waals surface area (Å²) in [5, 5.41) is 14.0. The van der Waals surface area contributed by atoms with Crippen molar-refractivity contribution in [3.05, 3.63) is 34.6 Å². The minimum atomic E-state index is -0.397. The second-order valence-corrected chi connectivity index (χ2v) is 4.83. The number of carbonyl (C=O) groups excluding carboxylic acids is 1. The van der Waals surface area contributed by atoms with Crippen molar-refractivity contribution in [1.82, 2.24) is 10.2 Å². The number of nitrogens with one attached hydrogen (secondary N) is 2. The van der Waals surface area contributed by atoms with Crippen molar-refractivity contribution in [1.29, 1.82) is 0 Å². The fourth-order valence-electron chi connectivity index (χ4n) is 1.44. The van der Waals surface area contributed by atoms with Crippen molar-refractivity contribution in [2.45, 2.75) is 13.8 Å². The van der Waals surface area contributed by atoms with Gasteiger partial charge in [-0.3, -0.25) is 4.79 Å². The van der Waals surface area contributed by atoms with Crippen molar-refractivity contribution < 1.29 is 9.18 Å². The van der Waals surface area contributed by atoms with E-state index < -0.39 is 11.7 Å². The van der Waals surface area contributed by atoms with Crippen LogP contribution >= 0.6 is 11.3 Å². The Hall–Kier alpha value is -2.02. The molecule has 0 aliphatic heterocycles. The Balaban J connectivity index is 2.13. The summed E-state index contributed by atoms with van der Waals surface area (Å²) in [6.45, 7) is 4.43. The first-order chi connectivity index (χ1) is 9.10. The van der Waals surface area contributed by atoms with Gasteiger partial charge < -0.3 is 10.6 Å². The summed E-state index contributed by atoms with van der Waals surface area (Å²) >= 11 is 1.16. The zero-order valence-electron chi connectivity index (χ0n) is 10.5. The number of aromatic nitrogens is 2. The molecule has 19 heavy (non-hydrogen) atoms. The second kappa shape index (κ2) is 5.75. The van der Waals surface area contributed by atoms with Crippen molar-refractivity contribution >= 4 is 28.1 Å². The molecule has 5 nitrogen and oxygen atoms in total. The maximum absolute atomic E-state index is 13.1. The first-order valence-corrected chi connectivity index (χ1v) is 6.56. The minimum absolute atomic E-state index is 0.236. The molecule has 100 valence electrons. The van der Waals surface area contributed by atoms with Gasteiger partial charge in [-0.05, 0) is 31.5 Å². The molecule has 0 spiro atoms. The summed E-state index contributed by atoms with van der Waals surface area (Å²) in [5.41, 5.74) is 1.22. The highest BCUT2D eigenvalue weighted by molar-refractivity contribution is 7.17. The van der Waals surface area contributed by atoms with E-state index in [1.807, 2.05) is 6.92 Å². The highest BCUT2D eigenvalue weighted by atomic mass is 32.1. The topological polar surface area (TPSA) is 66.9 Å². The Bertz CT molecular complexity index is 599. The summed E-state index contributed by atoms with van der Waals surface area (Å²) in [7, 11) is 0. The molecule has 0 radical (unpaired) electrons. The van der Waals surface area contributed by atoms with Gasteiger partial charge in [-0.1, -0.05) is 17.4 Å². The van der Waals surface area contributed by atoms with Crippen LogP contribution in [0.25, 0.3) is 0 Å². The molecule has 1 aromatic heterocycles. The van der Waals surface area contributed by atoms with E-state index >= 15 is 0 Å². The van der Waals surface area contributed by atoms with Gasteiger partial charge in [0.05, 0.1) is 0 Å². The quantitative estimate of drug-likeness (QED) is 0.903. The van der Waals surface area contributed by atoms with Gasteiger partial charge in [0, 0.05) is 12.2 Å². The molecule has 0 bridgehead atoms. The van der Waals surface area contributed by atoms with Gasteiger partial charge in [-0.15, -0.1) is 10.2 Å². The first kappa shape index (κ1) is 13.4. The molecule has 1 amide bonds. The van der Waals surface area contributed by atoms with Gasteiger partial charge in [0.25, 0.3) is 5.91 Å². The average Bonchev–Trinajstić information content (AvgIpc) is 2.83. The molecule has 0 atom stereocenters. The monoisotopic (exact) mass is 280 g/mol. The summed E-state index contributed by atoms with van der Waals surface area (Å²) in [4.78, 5) is 11.9. The molecule has 7 heteroatoms. The smallest absolute Gasteiger partial charge is 0.286 e. The third kappa shape index (κ3) is 3.25. The number of carbonyl (C=O) groups is 1. The Labute approximate surface area is 113 Å². The molecule has 0 fully saturated rings. The lowest BCUT2D eigenvalue weighted by atomic mass is 10.2. The molecule has 0 aliphatic carbocycles. The van der Waals surface area contributed by atoms with Crippen LogP contribution in [0.15, 0.2) is 18.2 Å². The predicted octanol–water partition coefficient (Wildman–Crippen LogP) is 2.67. The molecule has 0 aliphatic rings. The Morgan fingerprint density at radius 2 is 2.21 bits per heavy atom. The van der Waals surface area contributed by atoms with Gasteiger partial charge in [-0.2, -0.15) is 0 Å². The molecular formula is C12H13FN4OS. The third-order valence-corrected chi connectivity index (χ3v) is 3.27. The number of benzene rings is 1. The van der Waals surface area contributed by atoms with Gasteiger partial charge in [0.2, 0.25) is 10.1 Å². The van der Waals surface area contributed by atoms with Crippen LogP contribution in [-0.2, 0) is 0 Å². The molecule has 1 heterocycles. The molecule has 0 unspecified atom stereocenters. The zero-order chi connectivity index (χ0) is 13.8. The summed E-state index contributed by atoms with van der Waals surface area (Å²) in [5.74, 6) is -0.790. The van der Waals surface area contributed by atoms with Crippen LogP contribution in [0.1, 0.15) is 22.3 Å².